The van der Waals surface area contributed by atoms with Gasteiger partial charge in [0.25, 0.3) is 0 Å². The molecule has 0 aromatic rings. The molecule has 1 saturated carbocycles. The lowest BCUT2D eigenvalue weighted by molar-refractivity contribution is 0.456. The first-order valence-electron chi connectivity index (χ1n) is 5.23. The lowest BCUT2D eigenvalue weighted by Gasteiger charge is -2.16. The van der Waals surface area contributed by atoms with Crippen molar-refractivity contribution in [3.63, 3.8) is 0 Å². The number of nitrogens with one attached hydrogen (secondary N) is 1. The normalized spacial score (nSPS) is 22.2. The molecule has 0 radical (unpaired) electrons. The molecule has 2 unspecified atom stereocenters. The number of hydrogen-bond acceptors (Lipinski definition) is 2. The lowest BCUT2D eigenvalue weighted by atomic mass is 10.1. The van der Waals surface area contributed by atoms with Gasteiger partial charge in [0.05, 0.1) is 0 Å². The fraction of sp³-hybridized carbons (Fsp3) is 1.00. The summed E-state index contributed by atoms with van der Waals surface area (Å²) >= 11 is 0. The van der Waals surface area contributed by atoms with Gasteiger partial charge in [-0.05, 0) is 32.1 Å². The third-order valence-electron chi connectivity index (χ3n) is 2.65. The maximum absolute atomic E-state index is 5.96. The van der Waals surface area contributed by atoms with Crippen LogP contribution in [0.2, 0.25) is 0 Å². The minimum absolute atomic E-state index is 0.407. The summed E-state index contributed by atoms with van der Waals surface area (Å²) in [6.07, 6.45) is 5.22. The highest BCUT2D eigenvalue weighted by Gasteiger charge is 2.28. The first kappa shape index (κ1) is 10.0. The fourth-order valence-electron chi connectivity index (χ4n) is 1.56. The average molecular weight is 170 g/mol. The molecule has 1 aliphatic rings. The highest BCUT2D eigenvalue weighted by atomic mass is 14.9. The molecule has 0 spiro atoms. The van der Waals surface area contributed by atoms with E-state index in [-0.39, 0.29) is 0 Å². The van der Waals surface area contributed by atoms with Gasteiger partial charge in [-0.2, -0.15) is 0 Å². The zero-order chi connectivity index (χ0) is 8.97. The van der Waals surface area contributed by atoms with Crippen LogP contribution in [0.4, 0.5) is 0 Å². The van der Waals surface area contributed by atoms with E-state index < -0.39 is 0 Å². The first-order chi connectivity index (χ1) is 5.74. The van der Waals surface area contributed by atoms with Crippen LogP contribution in [0, 0.1) is 5.92 Å². The van der Waals surface area contributed by atoms with E-state index in [2.05, 4.69) is 19.2 Å². The van der Waals surface area contributed by atoms with Crippen molar-refractivity contribution < 1.29 is 0 Å². The smallest absolute Gasteiger partial charge is 0.0194 e. The third kappa shape index (κ3) is 3.55. The summed E-state index contributed by atoms with van der Waals surface area (Å²) in [4.78, 5) is 0. The molecule has 0 aliphatic heterocycles. The second-order valence-corrected chi connectivity index (χ2v) is 4.10. The topological polar surface area (TPSA) is 38.0 Å². The van der Waals surface area contributed by atoms with Gasteiger partial charge in [0, 0.05) is 18.6 Å². The Labute approximate surface area is 75.9 Å². The average Bonchev–Trinajstić information content (AvgIpc) is 2.83. The zero-order valence-corrected chi connectivity index (χ0v) is 8.34. The van der Waals surface area contributed by atoms with Crippen LogP contribution in [0.1, 0.15) is 39.5 Å². The molecule has 1 rings (SSSR count). The van der Waals surface area contributed by atoms with Crippen LogP contribution in [0.3, 0.4) is 0 Å². The van der Waals surface area contributed by atoms with Crippen molar-refractivity contribution in [2.24, 2.45) is 11.7 Å². The van der Waals surface area contributed by atoms with Crippen molar-refractivity contribution in [1.82, 2.24) is 5.32 Å². The summed E-state index contributed by atoms with van der Waals surface area (Å²) < 4.78 is 0. The molecule has 72 valence electrons. The van der Waals surface area contributed by atoms with Gasteiger partial charge in [0.1, 0.15) is 0 Å². The Hall–Kier alpha value is -0.0800. The van der Waals surface area contributed by atoms with Gasteiger partial charge in [-0.1, -0.05) is 13.3 Å². The Bertz CT molecular complexity index is 121. The van der Waals surface area contributed by atoms with Crippen LogP contribution < -0.4 is 11.1 Å². The second-order valence-electron chi connectivity index (χ2n) is 4.10. The van der Waals surface area contributed by atoms with Crippen LogP contribution in [-0.2, 0) is 0 Å². The Morgan fingerprint density at radius 2 is 2.17 bits per heavy atom. The fourth-order valence-corrected chi connectivity index (χ4v) is 1.56. The molecule has 2 nitrogen and oxygen atoms in total. The molecule has 0 amide bonds. The number of nitrogens with two attached hydrogens (primary N) is 1. The van der Waals surface area contributed by atoms with E-state index in [0.29, 0.717) is 12.1 Å². The highest BCUT2D eigenvalue weighted by Crippen LogP contribution is 2.31. The van der Waals surface area contributed by atoms with E-state index >= 15 is 0 Å². The van der Waals surface area contributed by atoms with E-state index in [0.717, 1.165) is 12.5 Å². The van der Waals surface area contributed by atoms with Crippen molar-refractivity contribution in [1.29, 1.82) is 0 Å². The molecular formula is C10H22N2. The molecule has 0 heterocycles. The minimum Gasteiger partial charge on any atom is -0.326 e. The molecule has 1 fully saturated rings. The Morgan fingerprint density at radius 1 is 1.50 bits per heavy atom. The van der Waals surface area contributed by atoms with Crippen molar-refractivity contribution in [2.45, 2.75) is 51.6 Å². The van der Waals surface area contributed by atoms with Gasteiger partial charge in [0.15, 0.2) is 0 Å². The predicted molar refractivity (Wildman–Crippen MR) is 53.1 cm³/mol. The molecule has 0 aromatic carbocycles. The van der Waals surface area contributed by atoms with E-state index in [1.165, 1.54) is 25.7 Å². The largest absolute Gasteiger partial charge is 0.326 e. The molecule has 0 aromatic heterocycles. The van der Waals surface area contributed by atoms with E-state index in [4.69, 9.17) is 5.73 Å². The van der Waals surface area contributed by atoms with Gasteiger partial charge in [-0.15, -0.1) is 0 Å². The highest BCUT2D eigenvalue weighted by molar-refractivity contribution is 4.85. The molecule has 0 bridgehead atoms. The van der Waals surface area contributed by atoms with Crippen LogP contribution >= 0.6 is 0 Å². The predicted octanol–water partition coefficient (Wildman–Crippen LogP) is 1.50. The molecule has 1 aliphatic carbocycles. The first-order valence-corrected chi connectivity index (χ1v) is 5.23. The van der Waals surface area contributed by atoms with Crippen LogP contribution in [-0.4, -0.2) is 18.6 Å². The SMILES string of the molecule is CCCC(C)NCC(N)C1CC1. The molecule has 3 N–H and O–H groups in total. The second kappa shape index (κ2) is 4.83. The standard InChI is InChI=1S/C10H22N2/c1-3-4-8(2)12-7-10(11)9-5-6-9/h8-10,12H,3-7,11H2,1-2H3. The molecule has 2 atom stereocenters. The number of rotatable bonds is 6. The summed E-state index contributed by atoms with van der Waals surface area (Å²) in [5, 5.41) is 3.48. The Morgan fingerprint density at radius 3 is 2.67 bits per heavy atom. The van der Waals surface area contributed by atoms with Crippen molar-refractivity contribution in [3.05, 3.63) is 0 Å². The summed E-state index contributed by atoms with van der Waals surface area (Å²) in [5.74, 6) is 0.825. The lowest BCUT2D eigenvalue weighted by Crippen LogP contribution is -2.39. The summed E-state index contributed by atoms with van der Waals surface area (Å²) in [7, 11) is 0. The monoisotopic (exact) mass is 170 g/mol. The van der Waals surface area contributed by atoms with Crippen LogP contribution in [0.5, 0.6) is 0 Å². The Balaban J connectivity index is 1.99. The molecule has 12 heavy (non-hydrogen) atoms. The van der Waals surface area contributed by atoms with Crippen molar-refractivity contribution in [3.8, 4) is 0 Å². The zero-order valence-electron chi connectivity index (χ0n) is 8.34. The van der Waals surface area contributed by atoms with Gasteiger partial charge < -0.3 is 11.1 Å². The van der Waals surface area contributed by atoms with Gasteiger partial charge in [-0.3, -0.25) is 0 Å². The van der Waals surface area contributed by atoms with Crippen molar-refractivity contribution >= 4 is 0 Å². The quantitative estimate of drug-likeness (QED) is 0.634. The van der Waals surface area contributed by atoms with Crippen LogP contribution in [0.25, 0.3) is 0 Å². The molecule has 0 saturated heterocycles. The van der Waals surface area contributed by atoms with Gasteiger partial charge >= 0.3 is 0 Å². The van der Waals surface area contributed by atoms with E-state index in [1.807, 2.05) is 0 Å². The minimum atomic E-state index is 0.407. The summed E-state index contributed by atoms with van der Waals surface area (Å²) in [5.41, 5.74) is 5.96. The summed E-state index contributed by atoms with van der Waals surface area (Å²) in [6.45, 7) is 5.47. The number of hydrogen-bond donors (Lipinski definition) is 2. The Kier molecular flexibility index (Phi) is 4.02. The third-order valence-corrected chi connectivity index (χ3v) is 2.65. The van der Waals surface area contributed by atoms with Crippen molar-refractivity contribution in [2.75, 3.05) is 6.54 Å². The maximum Gasteiger partial charge on any atom is 0.0194 e. The van der Waals surface area contributed by atoms with Gasteiger partial charge in [-0.25, -0.2) is 0 Å². The van der Waals surface area contributed by atoms with Crippen LogP contribution in [0.15, 0.2) is 0 Å². The van der Waals surface area contributed by atoms with Gasteiger partial charge in [0.2, 0.25) is 0 Å². The molecular weight excluding hydrogens is 148 g/mol. The van der Waals surface area contributed by atoms with E-state index in [1.54, 1.807) is 0 Å². The van der Waals surface area contributed by atoms with E-state index in [9.17, 15) is 0 Å². The molecule has 2 heteroatoms. The maximum atomic E-state index is 5.96. The summed E-state index contributed by atoms with van der Waals surface area (Å²) in [6, 6.07) is 1.05.